The van der Waals surface area contributed by atoms with Crippen molar-refractivity contribution in [2.45, 2.75) is 4.90 Å². The molecule has 0 aliphatic heterocycles. The van der Waals surface area contributed by atoms with Crippen molar-refractivity contribution in [1.29, 1.82) is 0 Å². The first-order valence-corrected chi connectivity index (χ1v) is 7.33. The van der Waals surface area contributed by atoms with Crippen LogP contribution < -0.4 is 10.5 Å². The highest BCUT2D eigenvalue weighted by Gasteiger charge is 2.20. The number of carbonyl (C=O) groups is 1. The standard InChI is InChI=1S/C9H10BrN5O3S/c1-15-4-7(19(11,17)18)8(14-15)13-9(16)6-2-5(10)3-12-6/h2-4,12H,1H3,(H2,11,17,18)(H,13,14,16). The van der Waals surface area contributed by atoms with Crippen molar-refractivity contribution in [1.82, 2.24) is 14.8 Å². The summed E-state index contributed by atoms with van der Waals surface area (Å²) in [7, 11) is -2.43. The van der Waals surface area contributed by atoms with Crippen LogP contribution in [0.2, 0.25) is 0 Å². The minimum absolute atomic E-state index is 0.110. The number of hydrogen-bond donors (Lipinski definition) is 3. The predicted molar refractivity (Wildman–Crippen MR) is 71.0 cm³/mol. The average molecular weight is 348 g/mol. The predicted octanol–water partition coefficient (Wildman–Crippen LogP) is 0.410. The van der Waals surface area contributed by atoms with Crippen molar-refractivity contribution in [3.63, 3.8) is 0 Å². The number of hydrogen-bond acceptors (Lipinski definition) is 4. The molecule has 2 heterocycles. The van der Waals surface area contributed by atoms with E-state index >= 15 is 0 Å². The van der Waals surface area contributed by atoms with Gasteiger partial charge < -0.3 is 10.3 Å². The Balaban J connectivity index is 2.32. The summed E-state index contributed by atoms with van der Waals surface area (Å²) in [5.74, 6) is -0.630. The van der Waals surface area contributed by atoms with E-state index in [4.69, 9.17) is 5.14 Å². The second-order valence-electron chi connectivity index (χ2n) is 3.75. The van der Waals surface area contributed by atoms with E-state index in [-0.39, 0.29) is 16.4 Å². The summed E-state index contributed by atoms with van der Waals surface area (Å²) in [6.45, 7) is 0. The molecule has 0 fully saturated rings. The van der Waals surface area contributed by atoms with E-state index in [9.17, 15) is 13.2 Å². The number of amides is 1. The SMILES string of the molecule is Cn1cc(S(N)(=O)=O)c(NC(=O)c2cc(Br)c[nH]2)n1. The molecule has 0 aliphatic rings. The van der Waals surface area contributed by atoms with Gasteiger partial charge in [0.2, 0.25) is 10.0 Å². The molecule has 0 bridgehead atoms. The van der Waals surface area contributed by atoms with Gasteiger partial charge in [0, 0.05) is 23.9 Å². The van der Waals surface area contributed by atoms with E-state index in [1.807, 2.05) is 0 Å². The summed E-state index contributed by atoms with van der Waals surface area (Å²) in [6, 6.07) is 1.55. The summed E-state index contributed by atoms with van der Waals surface area (Å²) in [5.41, 5.74) is 0.262. The highest BCUT2D eigenvalue weighted by atomic mass is 79.9. The third kappa shape index (κ3) is 3.03. The maximum absolute atomic E-state index is 11.9. The lowest BCUT2D eigenvalue weighted by Gasteiger charge is -2.01. The molecule has 0 atom stereocenters. The van der Waals surface area contributed by atoms with Crippen LogP contribution in [-0.4, -0.2) is 29.1 Å². The Bertz CT molecular complexity index is 733. The summed E-state index contributed by atoms with van der Waals surface area (Å²) in [6.07, 6.45) is 2.80. The molecule has 2 rings (SSSR count). The quantitative estimate of drug-likeness (QED) is 0.743. The molecule has 0 aromatic carbocycles. The van der Waals surface area contributed by atoms with Gasteiger partial charge in [0.1, 0.15) is 10.6 Å². The minimum Gasteiger partial charge on any atom is -0.356 e. The lowest BCUT2D eigenvalue weighted by atomic mass is 10.4. The Kier molecular flexibility index (Phi) is 3.47. The first-order valence-electron chi connectivity index (χ1n) is 4.99. The van der Waals surface area contributed by atoms with Crippen LogP contribution in [-0.2, 0) is 17.1 Å². The molecule has 0 radical (unpaired) electrons. The van der Waals surface area contributed by atoms with Crippen LogP contribution in [0.1, 0.15) is 10.5 Å². The minimum atomic E-state index is -3.95. The second-order valence-corrected chi connectivity index (χ2v) is 6.19. The molecule has 19 heavy (non-hydrogen) atoms. The highest BCUT2D eigenvalue weighted by molar-refractivity contribution is 9.10. The highest BCUT2D eigenvalue weighted by Crippen LogP contribution is 2.18. The number of rotatable bonds is 3. The van der Waals surface area contributed by atoms with Gasteiger partial charge >= 0.3 is 0 Å². The Morgan fingerprint density at radius 1 is 1.58 bits per heavy atom. The van der Waals surface area contributed by atoms with Gasteiger partial charge in [-0.05, 0) is 22.0 Å². The molecular weight excluding hydrogens is 338 g/mol. The molecule has 0 unspecified atom stereocenters. The third-order valence-electron chi connectivity index (χ3n) is 2.23. The number of nitrogens with zero attached hydrogens (tertiary/aromatic N) is 2. The first-order chi connectivity index (χ1) is 8.77. The number of primary sulfonamides is 1. The van der Waals surface area contributed by atoms with Gasteiger partial charge in [-0.3, -0.25) is 9.48 Å². The molecule has 102 valence electrons. The van der Waals surface area contributed by atoms with Crippen LogP contribution in [0, 0.1) is 0 Å². The molecule has 0 saturated heterocycles. The number of aromatic nitrogens is 3. The number of halogens is 1. The number of sulfonamides is 1. The van der Waals surface area contributed by atoms with Crippen molar-refractivity contribution in [3.8, 4) is 0 Å². The Hall–Kier alpha value is -1.65. The van der Waals surface area contributed by atoms with Gasteiger partial charge in [-0.15, -0.1) is 0 Å². The number of nitrogens with two attached hydrogens (primary N) is 1. The fraction of sp³-hybridized carbons (Fsp3) is 0.111. The van der Waals surface area contributed by atoms with Gasteiger partial charge in [0.05, 0.1) is 0 Å². The van der Waals surface area contributed by atoms with E-state index < -0.39 is 15.9 Å². The topological polar surface area (TPSA) is 123 Å². The molecule has 0 spiro atoms. The number of aryl methyl sites for hydroxylation is 1. The summed E-state index contributed by atoms with van der Waals surface area (Å²) in [4.78, 5) is 14.3. The number of H-pyrrole nitrogens is 1. The van der Waals surface area contributed by atoms with E-state index in [2.05, 4.69) is 31.3 Å². The summed E-state index contributed by atoms with van der Waals surface area (Å²) < 4.78 is 24.6. The zero-order valence-corrected chi connectivity index (χ0v) is 12.1. The zero-order chi connectivity index (χ0) is 14.2. The fourth-order valence-corrected chi connectivity index (χ4v) is 2.44. The number of carbonyl (C=O) groups excluding carboxylic acids is 1. The van der Waals surface area contributed by atoms with E-state index in [0.717, 1.165) is 0 Å². The smallest absolute Gasteiger partial charge is 0.273 e. The van der Waals surface area contributed by atoms with Crippen molar-refractivity contribution in [2.75, 3.05) is 5.32 Å². The zero-order valence-electron chi connectivity index (χ0n) is 9.71. The third-order valence-corrected chi connectivity index (χ3v) is 3.60. The number of aromatic amines is 1. The molecule has 0 aliphatic carbocycles. The molecule has 4 N–H and O–H groups in total. The number of anilines is 1. The van der Waals surface area contributed by atoms with Crippen molar-refractivity contribution < 1.29 is 13.2 Å². The molecule has 10 heteroatoms. The molecule has 2 aromatic heterocycles. The first kappa shape index (κ1) is 13.8. The lowest BCUT2D eigenvalue weighted by molar-refractivity contribution is 0.102. The number of nitrogens with one attached hydrogen (secondary N) is 2. The maximum Gasteiger partial charge on any atom is 0.273 e. The van der Waals surface area contributed by atoms with Gasteiger partial charge in [-0.1, -0.05) is 0 Å². The largest absolute Gasteiger partial charge is 0.356 e. The Morgan fingerprint density at radius 3 is 2.79 bits per heavy atom. The molecular formula is C9H10BrN5O3S. The Labute approximate surface area is 117 Å². The molecule has 1 amide bonds. The van der Waals surface area contributed by atoms with Crippen molar-refractivity contribution >= 4 is 37.7 Å². The average Bonchev–Trinajstić information content (AvgIpc) is 2.84. The normalized spacial score (nSPS) is 11.5. The van der Waals surface area contributed by atoms with Crippen LogP contribution >= 0.6 is 15.9 Å². The van der Waals surface area contributed by atoms with Gasteiger partial charge in [0.15, 0.2) is 5.82 Å². The van der Waals surface area contributed by atoms with Crippen molar-refractivity contribution in [3.05, 3.63) is 28.6 Å². The van der Waals surface area contributed by atoms with E-state index in [1.54, 1.807) is 12.3 Å². The van der Waals surface area contributed by atoms with Gasteiger partial charge in [-0.2, -0.15) is 5.10 Å². The maximum atomic E-state index is 11.9. The van der Waals surface area contributed by atoms with E-state index in [1.165, 1.54) is 17.9 Å². The lowest BCUT2D eigenvalue weighted by Crippen LogP contribution is -2.18. The van der Waals surface area contributed by atoms with E-state index in [0.29, 0.717) is 4.47 Å². The van der Waals surface area contributed by atoms with Crippen LogP contribution in [0.4, 0.5) is 5.82 Å². The van der Waals surface area contributed by atoms with Crippen LogP contribution in [0.5, 0.6) is 0 Å². The van der Waals surface area contributed by atoms with Crippen LogP contribution in [0.15, 0.2) is 27.8 Å². The molecule has 2 aromatic rings. The van der Waals surface area contributed by atoms with Gasteiger partial charge in [-0.25, -0.2) is 13.6 Å². The Morgan fingerprint density at radius 2 is 2.26 bits per heavy atom. The summed E-state index contributed by atoms with van der Waals surface area (Å²) in [5, 5.41) is 11.3. The second kappa shape index (κ2) is 4.79. The monoisotopic (exact) mass is 347 g/mol. The van der Waals surface area contributed by atoms with Crippen molar-refractivity contribution in [2.24, 2.45) is 12.2 Å². The van der Waals surface area contributed by atoms with Crippen LogP contribution in [0.25, 0.3) is 0 Å². The van der Waals surface area contributed by atoms with Gasteiger partial charge in [0.25, 0.3) is 5.91 Å². The summed E-state index contributed by atoms with van der Waals surface area (Å²) >= 11 is 3.19. The molecule has 8 nitrogen and oxygen atoms in total. The van der Waals surface area contributed by atoms with Crippen LogP contribution in [0.3, 0.4) is 0 Å². The molecule has 0 saturated carbocycles. The fourth-order valence-electron chi connectivity index (χ4n) is 1.44.